The van der Waals surface area contributed by atoms with Crippen LogP contribution < -0.4 is 0 Å². The van der Waals surface area contributed by atoms with Crippen LogP contribution >= 0.6 is 0 Å². The molecule has 1 aliphatic rings. The van der Waals surface area contributed by atoms with Gasteiger partial charge in [0.25, 0.3) is 0 Å². The van der Waals surface area contributed by atoms with Gasteiger partial charge in [0.15, 0.2) is 0 Å². The van der Waals surface area contributed by atoms with Crippen molar-refractivity contribution in [3.05, 3.63) is 18.0 Å². The standard InChI is InChI=1S/C11H19N3O/c1-15-8-7-14-6-2-3-10(9-14)11-4-5-12-13-11/h4-5,10H,2-3,6-9H2,1H3,(H,12,13)/t10-/m0/s1. The van der Waals surface area contributed by atoms with Crippen molar-refractivity contribution in [2.75, 3.05) is 33.4 Å². The van der Waals surface area contributed by atoms with Crippen molar-refractivity contribution in [3.63, 3.8) is 0 Å². The summed E-state index contributed by atoms with van der Waals surface area (Å²) in [6, 6.07) is 2.09. The van der Waals surface area contributed by atoms with Gasteiger partial charge in [0, 0.05) is 38.0 Å². The summed E-state index contributed by atoms with van der Waals surface area (Å²) in [5.74, 6) is 0.623. The molecular formula is C11H19N3O. The molecule has 0 saturated carbocycles. The van der Waals surface area contributed by atoms with E-state index in [1.807, 2.05) is 6.20 Å². The van der Waals surface area contributed by atoms with Gasteiger partial charge in [-0.2, -0.15) is 5.10 Å². The van der Waals surface area contributed by atoms with Crippen LogP contribution in [0.15, 0.2) is 12.3 Å². The van der Waals surface area contributed by atoms with Crippen molar-refractivity contribution >= 4 is 0 Å². The molecule has 1 atom stereocenters. The average Bonchev–Trinajstić information content (AvgIpc) is 2.80. The maximum Gasteiger partial charge on any atom is 0.0589 e. The number of methoxy groups -OCH3 is 1. The number of nitrogens with one attached hydrogen (secondary N) is 1. The second-order valence-electron chi connectivity index (χ2n) is 4.14. The Balaban J connectivity index is 1.87. The van der Waals surface area contributed by atoms with Crippen LogP contribution in [0, 0.1) is 0 Å². The normalized spacial score (nSPS) is 23.1. The Hall–Kier alpha value is -0.870. The van der Waals surface area contributed by atoms with Gasteiger partial charge in [0.1, 0.15) is 0 Å². The van der Waals surface area contributed by atoms with Crippen molar-refractivity contribution in [1.82, 2.24) is 15.1 Å². The highest BCUT2D eigenvalue weighted by atomic mass is 16.5. The van der Waals surface area contributed by atoms with Crippen LogP contribution in [0.4, 0.5) is 0 Å². The van der Waals surface area contributed by atoms with Crippen molar-refractivity contribution in [3.8, 4) is 0 Å². The molecule has 0 radical (unpaired) electrons. The van der Waals surface area contributed by atoms with E-state index in [1.54, 1.807) is 7.11 Å². The third-order valence-electron chi connectivity index (χ3n) is 3.08. The molecule has 0 aromatic carbocycles. The Morgan fingerprint density at radius 3 is 3.33 bits per heavy atom. The van der Waals surface area contributed by atoms with E-state index >= 15 is 0 Å². The number of H-pyrrole nitrogens is 1. The number of likely N-dealkylation sites (tertiary alicyclic amines) is 1. The Morgan fingerprint density at radius 1 is 1.67 bits per heavy atom. The molecule has 15 heavy (non-hydrogen) atoms. The van der Waals surface area contributed by atoms with Gasteiger partial charge in [0.2, 0.25) is 0 Å². The number of nitrogens with zero attached hydrogens (tertiary/aromatic N) is 2. The van der Waals surface area contributed by atoms with E-state index in [0.29, 0.717) is 5.92 Å². The predicted molar refractivity (Wildman–Crippen MR) is 58.9 cm³/mol. The van der Waals surface area contributed by atoms with Gasteiger partial charge in [-0.25, -0.2) is 0 Å². The number of hydrogen-bond acceptors (Lipinski definition) is 3. The molecule has 4 heteroatoms. The van der Waals surface area contributed by atoms with Crippen LogP contribution in [0.5, 0.6) is 0 Å². The van der Waals surface area contributed by atoms with Crippen LogP contribution in [-0.2, 0) is 4.74 Å². The zero-order valence-electron chi connectivity index (χ0n) is 9.28. The molecule has 4 nitrogen and oxygen atoms in total. The van der Waals surface area contributed by atoms with E-state index in [9.17, 15) is 0 Å². The molecule has 1 aromatic heterocycles. The van der Waals surface area contributed by atoms with Crippen LogP contribution in [0.25, 0.3) is 0 Å². The minimum Gasteiger partial charge on any atom is -0.383 e. The van der Waals surface area contributed by atoms with Crippen molar-refractivity contribution < 1.29 is 4.74 Å². The maximum absolute atomic E-state index is 5.11. The zero-order chi connectivity index (χ0) is 10.5. The highest BCUT2D eigenvalue weighted by Gasteiger charge is 2.21. The molecule has 1 aromatic rings. The zero-order valence-corrected chi connectivity index (χ0v) is 9.28. The third-order valence-corrected chi connectivity index (χ3v) is 3.08. The Labute approximate surface area is 90.6 Å². The molecule has 0 bridgehead atoms. The monoisotopic (exact) mass is 209 g/mol. The third kappa shape index (κ3) is 2.79. The lowest BCUT2D eigenvalue weighted by Crippen LogP contribution is -2.36. The summed E-state index contributed by atoms with van der Waals surface area (Å²) in [6.45, 7) is 4.20. The second kappa shape index (κ2) is 5.28. The smallest absolute Gasteiger partial charge is 0.0589 e. The van der Waals surface area contributed by atoms with E-state index in [2.05, 4.69) is 21.2 Å². The van der Waals surface area contributed by atoms with Crippen LogP contribution in [0.3, 0.4) is 0 Å². The summed E-state index contributed by atoms with van der Waals surface area (Å²) in [5, 5.41) is 7.09. The molecule has 1 N–H and O–H groups in total. The Morgan fingerprint density at radius 2 is 2.60 bits per heavy atom. The van der Waals surface area contributed by atoms with Gasteiger partial charge in [0.05, 0.1) is 6.61 Å². The van der Waals surface area contributed by atoms with Gasteiger partial charge in [-0.15, -0.1) is 0 Å². The van der Waals surface area contributed by atoms with Gasteiger partial charge < -0.3 is 9.64 Å². The van der Waals surface area contributed by atoms with Gasteiger partial charge in [-0.05, 0) is 25.5 Å². The molecule has 84 valence electrons. The van der Waals surface area contributed by atoms with Crippen LogP contribution in [0.1, 0.15) is 24.5 Å². The molecule has 0 amide bonds. The second-order valence-corrected chi connectivity index (χ2v) is 4.14. The summed E-state index contributed by atoms with van der Waals surface area (Å²) in [7, 11) is 1.76. The summed E-state index contributed by atoms with van der Waals surface area (Å²) >= 11 is 0. The summed E-state index contributed by atoms with van der Waals surface area (Å²) in [5.41, 5.74) is 1.28. The number of aromatic nitrogens is 2. The molecular weight excluding hydrogens is 190 g/mol. The summed E-state index contributed by atoms with van der Waals surface area (Å²) < 4.78 is 5.11. The molecule has 2 heterocycles. The quantitative estimate of drug-likeness (QED) is 0.811. The van der Waals surface area contributed by atoms with Crippen LogP contribution in [0.2, 0.25) is 0 Å². The maximum atomic E-state index is 5.11. The first-order chi connectivity index (χ1) is 7.40. The lowest BCUT2D eigenvalue weighted by molar-refractivity contribution is 0.127. The Bertz CT molecular complexity index is 273. The number of aromatic amines is 1. The van der Waals surface area contributed by atoms with Crippen molar-refractivity contribution in [2.24, 2.45) is 0 Å². The van der Waals surface area contributed by atoms with E-state index in [0.717, 1.165) is 19.7 Å². The summed E-state index contributed by atoms with van der Waals surface area (Å²) in [6.07, 6.45) is 4.38. The first-order valence-electron chi connectivity index (χ1n) is 5.60. The SMILES string of the molecule is COCCN1CCC[C@H](c2ccn[nH]2)C1. The van der Waals surface area contributed by atoms with Gasteiger partial charge >= 0.3 is 0 Å². The van der Waals surface area contributed by atoms with E-state index in [1.165, 1.54) is 25.1 Å². The molecule has 1 aliphatic heterocycles. The minimum absolute atomic E-state index is 0.623. The van der Waals surface area contributed by atoms with Gasteiger partial charge in [-0.3, -0.25) is 5.10 Å². The molecule has 0 unspecified atom stereocenters. The first kappa shape index (κ1) is 10.6. The van der Waals surface area contributed by atoms with Crippen LogP contribution in [-0.4, -0.2) is 48.4 Å². The number of hydrogen-bond donors (Lipinski definition) is 1. The molecule has 0 spiro atoms. The number of rotatable bonds is 4. The Kier molecular flexibility index (Phi) is 3.75. The topological polar surface area (TPSA) is 41.1 Å². The largest absolute Gasteiger partial charge is 0.383 e. The van der Waals surface area contributed by atoms with Crippen molar-refractivity contribution in [1.29, 1.82) is 0 Å². The molecule has 1 fully saturated rings. The van der Waals surface area contributed by atoms with E-state index in [-0.39, 0.29) is 0 Å². The molecule has 2 rings (SSSR count). The minimum atomic E-state index is 0.623. The fourth-order valence-electron chi connectivity index (χ4n) is 2.23. The van der Waals surface area contributed by atoms with E-state index < -0.39 is 0 Å². The van der Waals surface area contributed by atoms with Crippen molar-refractivity contribution in [2.45, 2.75) is 18.8 Å². The highest BCUT2D eigenvalue weighted by Crippen LogP contribution is 2.24. The lowest BCUT2D eigenvalue weighted by Gasteiger charge is -2.31. The number of piperidine rings is 1. The first-order valence-corrected chi connectivity index (χ1v) is 5.60. The fourth-order valence-corrected chi connectivity index (χ4v) is 2.23. The summed E-state index contributed by atoms with van der Waals surface area (Å²) in [4.78, 5) is 2.47. The van der Waals surface area contributed by atoms with E-state index in [4.69, 9.17) is 4.74 Å². The molecule has 0 aliphatic carbocycles. The number of ether oxygens (including phenoxy) is 1. The highest BCUT2D eigenvalue weighted by molar-refractivity contribution is 5.07. The molecule has 1 saturated heterocycles. The van der Waals surface area contributed by atoms with Gasteiger partial charge in [-0.1, -0.05) is 0 Å². The fraction of sp³-hybridized carbons (Fsp3) is 0.727. The lowest BCUT2D eigenvalue weighted by atomic mass is 9.95. The predicted octanol–water partition coefficient (Wildman–Crippen LogP) is 1.24. The average molecular weight is 209 g/mol.